The summed E-state index contributed by atoms with van der Waals surface area (Å²) in [5.41, 5.74) is 0. The van der Waals surface area contributed by atoms with Crippen LogP contribution in [-0.2, 0) is 33.3 Å². The van der Waals surface area contributed by atoms with E-state index in [1.54, 1.807) is 0 Å². The number of esters is 2. The lowest BCUT2D eigenvalue weighted by Gasteiger charge is -2.26. The second-order valence-corrected chi connectivity index (χ2v) is 23.7. The minimum Gasteiger partial charge on any atom is -0.545 e. The van der Waals surface area contributed by atoms with Crippen molar-refractivity contribution in [1.82, 2.24) is 0 Å². The Morgan fingerprint density at radius 1 is 0.378 bits per heavy atom. The van der Waals surface area contributed by atoms with E-state index in [0.29, 0.717) is 23.9 Å². The number of carboxylic acid groups (broad SMARTS) is 1. The van der Waals surface area contributed by atoms with E-state index in [1.165, 1.54) is 161 Å². The molecule has 0 spiro atoms. The van der Waals surface area contributed by atoms with E-state index in [4.69, 9.17) is 18.9 Å². The Bertz CT molecular complexity index is 1670. The number of hydrogen-bond acceptors (Lipinski definition) is 8. The molecular formula is C73H127NO8. The average molecular weight is 1150 g/mol. The largest absolute Gasteiger partial charge is 0.545 e. The van der Waals surface area contributed by atoms with Gasteiger partial charge >= 0.3 is 11.9 Å². The fourth-order valence-corrected chi connectivity index (χ4v) is 9.44. The molecule has 0 aliphatic heterocycles. The summed E-state index contributed by atoms with van der Waals surface area (Å²) in [5.74, 6) is -2.28. The van der Waals surface area contributed by atoms with E-state index in [0.717, 1.165) is 96.3 Å². The molecule has 9 heteroatoms. The van der Waals surface area contributed by atoms with Gasteiger partial charge in [-0.1, -0.05) is 297 Å². The first-order chi connectivity index (χ1) is 40.1. The SMILES string of the molecule is CC/C=C\C/C=C\C/C=C\C/C=C\C/C=C\C/C=C\C/C=C\C/C=C\CCCCCCCCCCCCC(=O)OC(COC(=O)CCCCCCCCCCCCCCCCCCCCCCCC)COC(OCC[N+](C)(C)C)C(=O)[O-]. The fraction of sp³-hybridized carbons (Fsp3) is 0.740. The summed E-state index contributed by atoms with van der Waals surface area (Å²) in [5, 5.41) is 11.8. The van der Waals surface area contributed by atoms with Crippen LogP contribution in [0.4, 0.5) is 0 Å². The smallest absolute Gasteiger partial charge is 0.306 e. The highest BCUT2D eigenvalue weighted by atomic mass is 16.7. The van der Waals surface area contributed by atoms with Crippen molar-refractivity contribution < 1.29 is 42.9 Å². The Morgan fingerprint density at radius 3 is 1.04 bits per heavy atom. The molecule has 9 nitrogen and oxygen atoms in total. The second kappa shape index (κ2) is 63.2. The van der Waals surface area contributed by atoms with Gasteiger partial charge in [0.15, 0.2) is 12.4 Å². The Balaban J connectivity index is 4.16. The van der Waals surface area contributed by atoms with Gasteiger partial charge in [-0.3, -0.25) is 9.59 Å². The molecule has 0 radical (unpaired) electrons. The molecule has 0 heterocycles. The molecule has 0 fully saturated rings. The fourth-order valence-electron chi connectivity index (χ4n) is 9.44. The summed E-state index contributed by atoms with van der Waals surface area (Å²) in [4.78, 5) is 37.4. The van der Waals surface area contributed by atoms with Gasteiger partial charge in [-0.05, 0) is 77.0 Å². The van der Waals surface area contributed by atoms with Crippen molar-refractivity contribution in [3.05, 3.63) is 97.2 Å². The maximum atomic E-state index is 12.9. The Labute approximate surface area is 505 Å². The van der Waals surface area contributed by atoms with Crippen LogP contribution in [0.25, 0.3) is 0 Å². The van der Waals surface area contributed by atoms with Crippen LogP contribution in [0.3, 0.4) is 0 Å². The third-order valence-corrected chi connectivity index (χ3v) is 14.6. The molecule has 0 saturated heterocycles. The van der Waals surface area contributed by atoms with Crippen molar-refractivity contribution in [2.45, 2.75) is 302 Å². The molecule has 0 aromatic rings. The summed E-state index contributed by atoms with van der Waals surface area (Å²) in [6.07, 6.45) is 83.3. The third-order valence-electron chi connectivity index (χ3n) is 14.6. The number of rotatable bonds is 62. The van der Waals surface area contributed by atoms with Crippen LogP contribution in [0.2, 0.25) is 0 Å². The zero-order chi connectivity index (χ0) is 59.8. The molecular weight excluding hydrogens is 1020 g/mol. The van der Waals surface area contributed by atoms with Gasteiger partial charge < -0.3 is 33.3 Å². The highest BCUT2D eigenvalue weighted by molar-refractivity contribution is 5.70. The predicted octanol–water partition coefficient (Wildman–Crippen LogP) is 19.5. The van der Waals surface area contributed by atoms with Gasteiger partial charge in [0.1, 0.15) is 13.2 Å². The molecule has 472 valence electrons. The molecule has 0 amide bonds. The standard InChI is InChI=1S/C73H127NO8/c1-6-8-10-12-14-16-18-20-22-24-26-28-30-31-32-33-34-35-36-37-38-39-40-41-42-44-46-48-50-52-54-56-58-60-62-64-71(76)82-69(68-81-73(72(77)78)79-66-65-74(3,4)5)67-80-70(75)63-61-59-57-55-53-51-49-47-45-43-29-27-25-23-21-19-17-15-13-11-9-7-2/h8,10,14,16,20,22,26,28,31-32,34-35,37-38,40-41,69,73H,6-7,9,11-13,15,17-19,21,23-25,27,29-30,33,36,39,42-68H2,1-5H3/b10-8-,16-14-,22-20-,28-26-,32-31-,35-34-,38-37-,41-40-. The van der Waals surface area contributed by atoms with Crippen LogP contribution in [0.5, 0.6) is 0 Å². The minimum absolute atomic E-state index is 0.145. The van der Waals surface area contributed by atoms with Gasteiger partial charge in [-0.25, -0.2) is 0 Å². The molecule has 82 heavy (non-hydrogen) atoms. The number of carbonyl (C=O) groups is 3. The first kappa shape index (κ1) is 78.2. The van der Waals surface area contributed by atoms with E-state index >= 15 is 0 Å². The zero-order valence-corrected chi connectivity index (χ0v) is 53.8. The summed E-state index contributed by atoms with van der Waals surface area (Å²) in [7, 11) is 5.93. The Kier molecular flexibility index (Phi) is 60.3. The average Bonchev–Trinajstić information content (AvgIpc) is 3.45. The summed E-state index contributed by atoms with van der Waals surface area (Å²) < 4.78 is 22.8. The molecule has 0 bridgehead atoms. The normalized spacial score (nSPS) is 13.3. The van der Waals surface area contributed by atoms with Crippen LogP contribution in [-0.4, -0.2) is 82.3 Å². The molecule has 2 unspecified atom stereocenters. The number of allylic oxidation sites excluding steroid dienone is 16. The number of carboxylic acids is 1. The maximum Gasteiger partial charge on any atom is 0.306 e. The number of carbonyl (C=O) groups excluding carboxylic acids is 3. The number of ether oxygens (including phenoxy) is 4. The Morgan fingerprint density at radius 2 is 0.695 bits per heavy atom. The van der Waals surface area contributed by atoms with Gasteiger partial charge in [-0.15, -0.1) is 0 Å². The maximum absolute atomic E-state index is 12.9. The molecule has 0 aliphatic rings. The summed E-state index contributed by atoms with van der Waals surface area (Å²) >= 11 is 0. The number of quaternary nitrogens is 1. The van der Waals surface area contributed by atoms with Crippen molar-refractivity contribution in [2.75, 3.05) is 47.5 Å². The van der Waals surface area contributed by atoms with Gasteiger partial charge in [0.2, 0.25) is 0 Å². The quantitative estimate of drug-likeness (QED) is 0.0195. The zero-order valence-electron chi connectivity index (χ0n) is 53.8. The van der Waals surface area contributed by atoms with Crippen molar-refractivity contribution in [3.63, 3.8) is 0 Å². The first-order valence-electron chi connectivity index (χ1n) is 33.9. The number of nitrogens with zero attached hydrogens (tertiary/aromatic N) is 1. The van der Waals surface area contributed by atoms with Crippen LogP contribution < -0.4 is 5.11 Å². The van der Waals surface area contributed by atoms with E-state index in [1.807, 2.05) is 21.1 Å². The first-order valence-corrected chi connectivity index (χ1v) is 33.9. The number of unbranched alkanes of at least 4 members (excludes halogenated alkanes) is 31. The summed E-state index contributed by atoms with van der Waals surface area (Å²) in [6, 6.07) is 0. The van der Waals surface area contributed by atoms with E-state index in [-0.39, 0.29) is 32.2 Å². The van der Waals surface area contributed by atoms with Gasteiger partial charge in [-0.2, -0.15) is 0 Å². The van der Waals surface area contributed by atoms with Crippen molar-refractivity contribution >= 4 is 17.9 Å². The van der Waals surface area contributed by atoms with Crippen molar-refractivity contribution in [3.8, 4) is 0 Å². The molecule has 0 aromatic carbocycles. The Hall–Kier alpha value is -3.79. The number of hydrogen-bond donors (Lipinski definition) is 0. The molecule has 2 atom stereocenters. The molecule has 0 saturated carbocycles. The minimum atomic E-state index is -1.63. The highest BCUT2D eigenvalue weighted by Gasteiger charge is 2.22. The number of likely N-dealkylation sites (N-methyl/N-ethyl adjacent to an activating group) is 1. The van der Waals surface area contributed by atoms with E-state index in [2.05, 4.69) is 111 Å². The lowest BCUT2D eigenvalue weighted by Crippen LogP contribution is -2.44. The van der Waals surface area contributed by atoms with Crippen LogP contribution in [0.1, 0.15) is 290 Å². The van der Waals surface area contributed by atoms with E-state index < -0.39 is 24.3 Å². The summed E-state index contributed by atoms with van der Waals surface area (Å²) in [6.45, 7) is 4.66. The second-order valence-electron chi connectivity index (χ2n) is 23.7. The monoisotopic (exact) mass is 1150 g/mol. The van der Waals surface area contributed by atoms with Crippen LogP contribution >= 0.6 is 0 Å². The van der Waals surface area contributed by atoms with Gasteiger partial charge in [0.25, 0.3) is 0 Å². The lowest BCUT2D eigenvalue weighted by molar-refractivity contribution is -0.870. The molecule has 0 aromatic heterocycles. The molecule has 0 rings (SSSR count). The van der Waals surface area contributed by atoms with E-state index in [9.17, 15) is 19.5 Å². The van der Waals surface area contributed by atoms with Crippen molar-refractivity contribution in [2.24, 2.45) is 0 Å². The number of aliphatic carboxylic acids is 1. The highest BCUT2D eigenvalue weighted by Crippen LogP contribution is 2.17. The van der Waals surface area contributed by atoms with Crippen LogP contribution in [0.15, 0.2) is 97.2 Å². The van der Waals surface area contributed by atoms with Gasteiger partial charge in [0, 0.05) is 12.8 Å². The predicted molar refractivity (Wildman–Crippen MR) is 347 cm³/mol. The van der Waals surface area contributed by atoms with Crippen LogP contribution in [0, 0.1) is 0 Å². The topological polar surface area (TPSA) is 111 Å². The molecule has 0 aliphatic carbocycles. The third kappa shape index (κ3) is 63.8. The lowest BCUT2D eigenvalue weighted by atomic mass is 10.0. The van der Waals surface area contributed by atoms with Gasteiger partial charge in [0.05, 0.1) is 40.3 Å². The van der Waals surface area contributed by atoms with Crippen molar-refractivity contribution in [1.29, 1.82) is 0 Å². The molecule has 0 N–H and O–H groups in total.